The molecule has 14 heavy (non-hydrogen) atoms. The maximum absolute atomic E-state index is 12.1. The minimum Gasteiger partial charge on any atom is -0.258 e. The topological polar surface area (TPSA) is 43.1 Å². The molecule has 0 heterocycles. The highest BCUT2D eigenvalue weighted by molar-refractivity contribution is 6.31. The summed E-state index contributed by atoms with van der Waals surface area (Å²) in [6.45, 7) is 0. The maximum Gasteiger partial charge on any atom is 0.417 e. The Hall–Kier alpha value is -1.30. The summed E-state index contributed by atoms with van der Waals surface area (Å²) in [7, 11) is 0. The van der Waals surface area contributed by atoms with Crippen molar-refractivity contribution in [2.24, 2.45) is 0 Å². The molecule has 0 fully saturated rings. The third kappa shape index (κ3) is 2.14. The SMILES string of the molecule is O=[N+]([O-])c1ccc(C(F)(F)F)c(Cl)c1. The van der Waals surface area contributed by atoms with E-state index in [0.717, 1.165) is 6.07 Å². The highest BCUT2D eigenvalue weighted by atomic mass is 35.5. The Morgan fingerprint density at radius 3 is 2.29 bits per heavy atom. The molecule has 0 radical (unpaired) electrons. The standard InChI is InChI=1S/C7H3ClF3NO2/c8-6-3-4(12(13)14)1-2-5(6)7(9,10)11/h1-3H. The summed E-state index contributed by atoms with van der Waals surface area (Å²) in [4.78, 5) is 9.37. The second kappa shape index (κ2) is 3.45. The average Bonchev–Trinajstić information content (AvgIpc) is 2.01. The summed E-state index contributed by atoms with van der Waals surface area (Å²) in [6, 6.07) is 2.01. The molecule has 1 rings (SSSR count). The molecule has 0 spiro atoms. The predicted octanol–water partition coefficient (Wildman–Crippen LogP) is 3.27. The van der Waals surface area contributed by atoms with Gasteiger partial charge < -0.3 is 0 Å². The fourth-order valence-electron chi connectivity index (χ4n) is 0.847. The van der Waals surface area contributed by atoms with Crippen LogP contribution in [0.2, 0.25) is 5.02 Å². The van der Waals surface area contributed by atoms with Gasteiger partial charge in [-0.3, -0.25) is 10.1 Å². The first-order chi connectivity index (χ1) is 6.32. The molecular weight excluding hydrogens is 223 g/mol. The Bertz CT molecular complexity index is 378. The zero-order valence-electron chi connectivity index (χ0n) is 6.51. The van der Waals surface area contributed by atoms with Crippen molar-refractivity contribution < 1.29 is 18.1 Å². The molecule has 7 heteroatoms. The second-order valence-electron chi connectivity index (χ2n) is 2.42. The van der Waals surface area contributed by atoms with Crippen LogP contribution in [0, 0.1) is 10.1 Å². The first-order valence-electron chi connectivity index (χ1n) is 3.33. The van der Waals surface area contributed by atoms with Crippen molar-refractivity contribution in [3.8, 4) is 0 Å². The van der Waals surface area contributed by atoms with E-state index in [1.807, 2.05) is 0 Å². The Labute approximate surface area is 81.2 Å². The van der Waals surface area contributed by atoms with Gasteiger partial charge in [0.15, 0.2) is 0 Å². The molecular formula is C7H3ClF3NO2. The summed E-state index contributed by atoms with van der Waals surface area (Å²) in [5.74, 6) is 0. The van der Waals surface area contributed by atoms with Gasteiger partial charge in [-0.15, -0.1) is 0 Å². The number of hydrogen-bond donors (Lipinski definition) is 0. The lowest BCUT2D eigenvalue weighted by molar-refractivity contribution is -0.384. The molecule has 0 bridgehead atoms. The zero-order valence-corrected chi connectivity index (χ0v) is 7.26. The lowest BCUT2D eigenvalue weighted by Gasteiger charge is -2.07. The smallest absolute Gasteiger partial charge is 0.258 e. The molecule has 0 saturated heterocycles. The number of hydrogen-bond acceptors (Lipinski definition) is 2. The van der Waals surface area contributed by atoms with Gasteiger partial charge in [0.1, 0.15) is 0 Å². The minimum absolute atomic E-state index is 0.469. The Kier molecular flexibility index (Phi) is 2.66. The summed E-state index contributed by atoms with van der Waals surface area (Å²) in [5.41, 5.74) is -1.55. The Morgan fingerprint density at radius 1 is 1.36 bits per heavy atom. The van der Waals surface area contributed by atoms with Gasteiger partial charge in [0.25, 0.3) is 5.69 Å². The largest absolute Gasteiger partial charge is 0.417 e. The van der Waals surface area contributed by atoms with Crippen molar-refractivity contribution in [2.45, 2.75) is 6.18 Å². The lowest BCUT2D eigenvalue weighted by atomic mass is 10.2. The highest BCUT2D eigenvalue weighted by Gasteiger charge is 2.33. The third-order valence-electron chi connectivity index (χ3n) is 1.47. The number of nitrogens with zero attached hydrogens (tertiary/aromatic N) is 1. The molecule has 76 valence electrons. The van der Waals surface area contributed by atoms with Crippen molar-refractivity contribution in [1.82, 2.24) is 0 Å². The van der Waals surface area contributed by atoms with E-state index >= 15 is 0 Å². The van der Waals surface area contributed by atoms with E-state index in [4.69, 9.17) is 11.6 Å². The van der Waals surface area contributed by atoms with Crippen LogP contribution < -0.4 is 0 Å². The summed E-state index contributed by atoms with van der Waals surface area (Å²) >= 11 is 5.23. The van der Waals surface area contributed by atoms with Gasteiger partial charge >= 0.3 is 6.18 Å². The van der Waals surface area contributed by atoms with E-state index in [0.29, 0.717) is 12.1 Å². The molecule has 0 aliphatic rings. The van der Waals surface area contributed by atoms with E-state index < -0.39 is 27.4 Å². The third-order valence-corrected chi connectivity index (χ3v) is 1.78. The van der Waals surface area contributed by atoms with Crippen LogP contribution in [0.1, 0.15) is 5.56 Å². The van der Waals surface area contributed by atoms with E-state index in [2.05, 4.69) is 0 Å². The molecule has 0 atom stereocenters. The van der Waals surface area contributed by atoms with Crippen LogP contribution in [-0.4, -0.2) is 4.92 Å². The second-order valence-corrected chi connectivity index (χ2v) is 2.83. The fourth-order valence-corrected chi connectivity index (χ4v) is 1.13. The van der Waals surface area contributed by atoms with Crippen molar-refractivity contribution >= 4 is 17.3 Å². The molecule has 0 aromatic heterocycles. The number of nitro groups is 1. The predicted molar refractivity (Wildman–Crippen MR) is 43.1 cm³/mol. The first kappa shape index (κ1) is 10.8. The average molecular weight is 226 g/mol. The van der Waals surface area contributed by atoms with Crippen LogP contribution in [0.4, 0.5) is 18.9 Å². The molecule has 0 aliphatic carbocycles. The number of non-ortho nitro benzene ring substituents is 1. The summed E-state index contributed by atoms with van der Waals surface area (Å²) in [5, 5.41) is 9.51. The molecule has 0 saturated carbocycles. The van der Waals surface area contributed by atoms with Crippen molar-refractivity contribution in [2.75, 3.05) is 0 Å². The number of benzene rings is 1. The molecule has 0 amide bonds. The van der Waals surface area contributed by atoms with Crippen LogP contribution in [0.25, 0.3) is 0 Å². The van der Waals surface area contributed by atoms with Crippen LogP contribution in [0.15, 0.2) is 18.2 Å². The van der Waals surface area contributed by atoms with Gasteiger partial charge in [0, 0.05) is 12.1 Å². The van der Waals surface area contributed by atoms with Gasteiger partial charge in [0.05, 0.1) is 15.5 Å². The number of alkyl halides is 3. The van der Waals surface area contributed by atoms with Crippen molar-refractivity contribution in [1.29, 1.82) is 0 Å². The summed E-state index contributed by atoms with van der Waals surface area (Å²) < 4.78 is 36.4. The van der Waals surface area contributed by atoms with E-state index in [1.165, 1.54) is 0 Å². The highest BCUT2D eigenvalue weighted by Crippen LogP contribution is 2.36. The van der Waals surface area contributed by atoms with Gasteiger partial charge in [-0.25, -0.2) is 0 Å². The van der Waals surface area contributed by atoms with Crippen LogP contribution in [0.5, 0.6) is 0 Å². The zero-order chi connectivity index (χ0) is 10.9. The maximum atomic E-state index is 12.1. The van der Waals surface area contributed by atoms with Crippen LogP contribution >= 0.6 is 11.6 Å². The van der Waals surface area contributed by atoms with Gasteiger partial charge in [-0.05, 0) is 6.07 Å². The molecule has 1 aromatic carbocycles. The molecule has 3 nitrogen and oxygen atoms in total. The van der Waals surface area contributed by atoms with Gasteiger partial charge in [-0.2, -0.15) is 13.2 Å². The molecule has 0 aliphatic heterocycles. The Balaban J connectivity index is 3.21. The van der Waals surface area contributed by atoms with E-state index in [-0.39, 0.29) is 0 Å². The fraction of sp³-hybridized carbons (Fsp3) is 0.143. The first-order valence-corrected chi connectivity index (χ1v) is 3.71. The molecule has 0 unspecified atom stereocenters. The quantitative estimate of drug-likeness (QED) is 0.544. The molecule has 0 N–H and O–H groups in total. The number of rotatable bonds is 1. The van der Waals surface area contributed by atoms with Crippen molar-refractivity contribution in [3.05, 3.63) is 38.9 Å². The number of nitro benzene ring substituents is 1. The van der Waals surface area contributed by atoms with Gasteiger partial charge in [0.2, 0.25) is 0 Å². The minimum atomic E-state index is -4.59. The molecule has 1 aromatic rings. The van der Waals surface area contributed by atoms with E-state index in [1.54, 1.807) is 0 Å². The monoisotopic (exact) mass is 225 g/mol. The lowest BCUT2D eigenvalue weighted by Crippen LogP contribution is -2.05. The van der Waals surface area contributed by atoms with Gasteiger partial charge in [-0.1, -0.05) is 11.6 Å². The summed E-state index contributed by atoms with van der Waals surface area (Å²) in [6.07, 6.45) is -4.59. The van der Waals surface area contributed by atoms with Crippen LogP contribution in [0.3, 0.4) is 0 Å². The van der Waals surface area contributed by atoms with E-state index in [9.17, 15) is 23.3 Å². The van der Waals surface area contributed by atoms with Crippen LogP contribution in [-0.2, 0) is 6.18 Å². The van der Waals surface area contributed by atoms with Crippen molar-refractivity contribution in [3.63, 3.8) is 0 Å². The number of halogens is 4. The normalized spacial score (nSPS) is 11.4. The Morgan fingerprint density at radius 2 is 1.93 bits per heavy atom.